The van der Waals surface area contributed by atoms with Crippen molar-refractivity contribution in [1.82, 2.24) is 4.98 Å². The highest BCUT2D eigenvalue weighted by Gasteiger charge is 2.06. The first-order valence-electron chi connectivity index (χ1n) is 5.39. The van der Waals surface area contributed by atoms with Gasteiger partial charge in [0.1, 0.15) is 5.15 Å². The molecule has 0 spiro atoms. The highest BCUT2D eigenvalue weighted by molar-refractivity contribution is 6.42. The average Bonchev–Trinajstić information content (AvgIpc) is 2.31. The Morgan fingerprint density at radius 3 is 2.53 bits per heavy atom. The molecule has 1 rings (SSSR count). The van der Waals surface area contributed by atoms with E-state index < -0.39 is 0 Å². The summed E-state index contributed by atoms with van der Waals surface area (Å²) in [7, 11) is 0. The molecule has 3 nitrogen and oxygen atoms in total. The van der Waals surface area contributed by atoms with Gasteiger partial charge in [-0.25, -0.2) is 4.98 Å². The summed E-state index contributed by atoms with van der Waals surface area (Å²) in [6.07, 6.45) is 3.94. The Bertz CT molecular complexity index is 403. The summed E-state index contributed by atoms with van der Waals surface area (Å²) in [4.78, 5) is 4.00. The topological polar surface area (TPSA) is 37.3 Å². The molecule has 94 valence electrons. The van der Waals surface area contributed by atoms with E-state index in [-0.39, 0.29) is 5.15 Å². The fraction of sp³-hybridized carbons (Fsp3) is 0.455. The van der Waals surface area contributed by atoms with E-state index in [1.807, 2.05) is 6.21 Å². The van der Waals surface area contributed by atoms with Crippen LogP contribution in [0.15, 0.2) is 11.2 Å². The maximum Gasteiger partial charge on any atom is 0.166 e. The molecule has 1 N–H and O–H groups in total. The van der Waals surface area contributed by atoms with Crippen molar-refractivity contribution in [2.24, 2.45) is 11.0 Å². The van der Waals surface area contributed by atoms with Crippen LogP contribution in [0.25, 0.3) is 0 Å². The van der Waals surface area contributed by atoms with Crippen molar-refractivity contribution in [3.63, 3.8) is 0 Å². The van der Waals surface area contributed by atoms with E-state index in [4.69, 9.17) is 34.8 Å². The zero-order chi connectivity index (χ0) is 12.8. The maximum atomic E-state index is 5.94. The molecular formula is C11H14Cl3N3. The van der Waals surface area contributed by atoms with Crippen LogP contribution < -0.4 is 5.43 Å². The third kappa shape index (κ3) is 4.34. The lowest BCUT2D eigenvalue weighted by atomic mass is 10.1. The minimum atomic E-state index is 0.205. The van der Waals surface area contributed by atoms with Gasteiger partial charge in [0.05, 0.1) is 10.0 Å². The fourth-order valence-electron chi connectivity index (χ4n) is 1.23. The predicted molar refractivity (Wildman–Crippen MR) is 75.5 cm³/mol. The van der Waals surface area contributed by atoms with Gasteiger partial charge >= 0.3 is 0 Å². The van der Waals surface area contributed by atoms with Crippen LogP contribution in [0.3, 0.4) is 0 Å². The number of rotatable bonds is 5. The van der Waals surface area contributed by atoms with Gasteiger partial charge in [0.15, 0.2) is 5.82 Å². The van der Waals surface area contributed by atoms with Crippen molar-refractivity contribution in [2.45, 2.75) is 26.7 Å². The Labute approximate surface area is 116 Å². The molecule has 0 aromatic carbocycles. The molecule has 0 aliphatic heterocycles. The molecule has 0 radical (unpaired) electrons. The molecule has 6 heteroatoms. The molecule has 0 saturated heterocycles. The first-order valence-corrected chi connectivity index (χ1v) is 6.52. The van der Waals surface area contributed by atoms with Crippen LogP contribution in [0.1, 0.15) is 26.7 Å². The lowest BCUT2D eigenvalue weighted by Crippen LogP contribution is -2.01. The van der Waals surface area contributed by atoms with Gasteiger partial charge in [-0.15, -0.1) is 0 Å². The molecule has 0 atom stereocenters. The van der Waals surface area contributed by atoms with E-state index in [1.165, 1.54) is 6.07 Å². The SMILES string of the molecule is CCC(/C=N\Nc1nc(Cl)c(Cl)cc1Cl)CC. The smallest absolute Gasteiger partial charge is 0.166 e. The van der Waals surface area contributed by atoms with E-state index in [9.17, 15) is 0 Å². The number of nitrogens with zero attached hydrogens (tertiary/aromatic N) is 2. The number of anilines is 1. The second kappa shape index (κ2) is 7.04. The summed E-state index contributed by atoms with van der Waals surface area (Å²) >= 11 is 17.5. The highest BCUT2D eigenvalue weighted by Crippen LogP contribution is 2.28. The van der Waals surface area contributed by atoms with Crippen molar-refractivity contribution in [3.05, 3.63) is 21.3 Å². The van der Waals surface area contributed by atoms with Crippen molar-refractivity contribution in [3.8, 4) is 0 Å². The van der Waals surface area contributed by atoms with Gasteiger partial charge < -0.3 is 0 Å². The molecule has 0 fully saturated rings. The summed E-state index contributed by atoms with van der Waals surface area (Å²) in [6.45, 7) is 4.23. The molecule has 0 unspecified atom stereocenters. The Kier molecular flexibility index (Phi) is 6.03. The van der Waals surface area contributed by atoms with Crippen LogP contribution in [0.2, 0.25) is 15.2 Å². The van der Waals surface area contributed by atoms with Gasteiger partial charge in [0.25, 0.3) is 0 Å². The third-order valence-electron chi connectivity index (χ3n) is 2.39. The number of pyridine rings is 1. The van der Waals surface area contributed by atoms with E-state index in [1.54, 1.807) is 0 Å². The van der Waals surface area contributed by atoms with E-state index >= 15 is 0 Å². The lowest BCUT2D eigenvalue weighted by Gasteiger charge is -2.06. The quantitative estimate of drug-likeness (QED) is 0.477. The predicted octanol–water partition coefficient (Wildman–Crippen LogP) is 4.88. The zero-order valence-corrected chi connectivity index (χ0v) is 11.9. The number of halogens is 3. The van der Waals surface area contributed by atoms with Crippen molar-refractivity contribution >= 4 is 46.8 Å². The van der Waals surface area contributed by atoms with Gasteiger partial charge in [-0.2, -0.15) is 5.10 Å². The first-order chi connectivity index (χ1) is 8.08. The van der Waals surface area contributed by atoms with Crippen molar-refractivity contribution in [1.29, 1.82) is 0 Å². The summed E-state index contributed by atoms with van der Waals surface area (Å²) < 4.78 is 0. The molecule has 0 aliphatic rings. The van der Waals surface area contributed by atoms with Crippen LogP contribution in [0.5, 0.6) is 0 Å². The summed E-state index contributed by atoms with van der Waals surface area (Å²) in [5.74, 6) is 0.854. The fourth-order valence-corrected chi connectivity index (χ4v) is 1.77. The van der Waals surface area contributed by atoms with Gasteiger partial charge in [-0.1, -0.05) is 48.7 Å². The Balaban J connectivity index is 2.72. The van der Waals surface area contributed by atoms with E-state index in [2.05, 4.69) is 29.4 Å². The standard InChI is InChI=1S/C11H14Cl3N3/c1-3-7(4-2)6-15-17-11-9(13)5-8(12)10(14)16-11/h5-7H,3-4H2,1-2H3,(H,16,17)/b15-6-. The minimum Gasteiger partial charge on any atom is -0.260 e. The van der Waals surface area contributed by atoms with Crippen LogP contribution >= 0.6 is 34.8 Å². The van der Waals surface area contributed by atoms with Crippen LogP contribution in [-0.2, 0) is 0 Å². The van der Waals surface area contributed by atoms with Gasteiger partial charge in [0.2, 0.25) is 0 Å². The second-order valence-corrected chi connectivity index (χ2v) is 4.73. The molecule has 0 saturated carbocycles. The van der Waals surface area contributed by atoms with Gasteiger partial charge in [-0.3, -0.25) is 5.43 Å². The lowest BCUT2D eigenvalue weighted by molar-refractivity contribution is 0.654. The number of hydrogen-bond donors (Lipinski definition) is 1. The molecule has 17 heavy (non-hydrogen) atoms. The van der Waals surface area contributed by atoms with Gasteiger partial charge in [-0.05, 0) is 24.8 Å². The molecular weight excluding hydrogens is 281 g/mol. The van der Waals surface area contributed by atoms with Crippen LogP contribution in [0.4, 0.5) is 5.82 Å². The summed E-state index contributed by atoms with van der Waals surface area (Å²) in [5, 5.41) is 5.01. The highest BCUT2D eigenvalue weighted by atomic mass is 35.5. The van der Waals surface area contributed by atoms with Gasteiger partial charge in [0, 0.05) is 6.21 Å². The van der Waals surface area contributed by atoms with Crippen molar-refractivity contribution < 1.29 is 0 Å². The normalized spacial score (nSPS) is 11.4. The number of hydrazone groups is 1. The molecule has 0 amide bonds. The summed E-state index contributed by atoms with van der Waals surface area (Å²) in [6, 6.07) is 1.54. The molecule has 0 aliphatic carbocycles. The largest absolute Gasteiger partial charge is 0.260 e. The molecule has 1 heterocycles. The average molecular weight is 295 g/mol. The number of nitrogens with one attached hydrogen (secondary N) is 1. The van der Waals surface area contributed by atoms with E-state index in [0.29, 0.717) is 21.8 Å². The Hall–Kier alpha value is -0.510. The number of hydrogen-bond acceptors (Lipinski definition) is 3. The zero-order valence-electron chi connectivity index (χ0n) is 9.67. The molecule has 1 aromatic heterocycles. The maximum absolute atomic E-state index is 5.94. The Morgan fingerprint density at radius 1 is 1.29 bits per heavy atom. The monoisotopic (exact) mass is 293 g/mol. The molecule has 1 aromatic rings. The molecule has 0 bridgehead atoms. The minimum absolute atomic E-state index is 0.205. The third-order valence-corrected chi connectivity index (χ3v) is 3.35. The van der Waals surface area contributed by atoms with E-state index in [0.717, 1.165) is 12.8 Å². The Morgan fingerprint density at radius 2 is 1.94 bits per heavy atom. The number of aromatic nitrogens is 1. The van der Waals surface area contributed by atoms with Crippen LogP contribution in [-0.4, -0.2) is 11.2 Å². The summed E-state index contributed by atoms with van der Waals surface area (Å²) in [5.41, 5.74) is 2.76. The van der Waals surface area contributed by atoms with Crippen LogP contribution in [0, 0.1) is 5.92 Å². The second-order valence-electron chi connectivity index (χ2n) is 3.56. The van der Waals surface area contributed by atoms with Crippen molar-refractivity contribution in [2.75, 3.05) is 5.43 Å². The first kappa shape index (κ1) is 14.6.